The molecule has 3 aromatic heterocycles. The molecule has 3 aromatic carbocycles. The number of cyclic esters (lactones) is 1. The van der Waals surface area contributed by atoms with E-state index in [-0.39, 0.29) is 78.2 Å². The van der Waals surface area contributed by atoms with Crippen molar-refractivity contribution in [1.82, 2.24) is 19.4 Å². The summed E-state index contributed by atoms with van der Waals surface area (Å²) in [6.07, 6.45) is 1.87. The normalized spacial score (nSPS) is 15.2. The van der Waals surface area contributed by atoms with Gasteiger partial charge in [0, 0.05) is 52.8 Å². The fourth-order valence-electron chi connectivity index (χ4n) is 8.53. The number of anilines is 1. The summed E-state index contributed by atoms with van der Waals surface area (Å²) in [5.41, 5.74) is 9.50. The number of aryl methyl sites for hydroxylation is 1. The molecule has 0 spiro atoms. The molecule has 326 valence electrons. The van der Waals surface area contributed by atoms with E-state index in [1.165, 1.54) is 6.07 Å². The number of aromatic nitrogens is 3. The number of carbonyl (C=O) groups is 3. The summed E-state index contributed by atoms with van der Waals surface area (Å²) in [6.45, 7) is 8.70. The molecule has 1 atom stereocenters. The summed E-state index contributed by atoms with van der Waals surface area (Å²) < 4.78 is 20.2. The van der Waals surface area contributed by atoms with E-state index in [9.17, 15) is 34.5 Å². The van der Waals surface area contributed by atoms with Crippen LogP contribution in [0.5, 0.6) is 17.2 Å². The third-order valence-corrected chi connectivity index (χ3v) is 11.9. The summed E-state index contributed by atoms with van der Waals surface area (Å²) in [6, 6.07) is 15.9. The number of esters is 1. The fourth-order valence-corrected chi connectivity index (χ4v) is 8.53. The Hall–Kier alpha value is -7.24. The molecule has 2 aliphatic rings. The van der Waals surface area contributed by atoms with Crippen LogP contribution in [0.1, 0.15) is 73.4 Å². The number of amides is 3. The van der Waals surface area contributed by atoms with Crippen LogP contribution in [0.2, 0.25) is 0 Å². The highest BCUT2D eigenvalue weighted by Crippen LogP contribution is 2.41. The molecular weight excluding hydrogens is 811 g/mol. The lowest BCUT2D eigenvalue weighted by molar-refractivity contribution is -0.172. The van der Waals surface area contributed by atoms with E-state index < -0.39 is 23.7 Å². The minimum atomic E-state index is -1.92. The molecule has 17 heteroatoms. The number of amidine groups is 1. The Morgan fingerprint density at radius 2 is 1.83 bits per heavy atom. The maximum atomic E-state index is 13.7. The molecule has 2 aliphatic heterocycles. The molecule has 1 unspecified atom stereocenters. The molecule has 5 heterocycles. The molecule has 0 bridgehead atoms. The van der Waals surface area contributed by atoms with Crippen LogP contribution < -0.4 is 31.7 Å². The third kappa shape index (κ3) is 7.48. The Morgan fingerprint density at radius 3 is 2.56 bits per heavy atom. The van der Waals surface area contributed by atoms with E-state index in [2.05, 4.69) is 5.32 Å². The molecular formula is C46H48N7O10+. The molecule has 3 amide bonds. The van der Waals surface area contributed by atoms with Crippen LogP contribution in [0.25, 0.3) is 33.2 Å². The van der Waals surface area contributed by atoms with Gasteiger partial charge in [-0.25, -0.2) is 19.4 Å². The maximum Gasteiger partial charge on any atom is 0.412 e. The first-order valence-corrected chi connectivity index (χ1v) is 20.7. The monoisotopic (exact) mass is 858 g/mol. The number of nitrogens with two attached hydrogens (primary N) is 2. The lowest BCUT2D eigenvalue weighted by atomic mass is 9.86. The molecule has 0 radical (unpaired) electrons. The van der Waals surface area contributed by atoms with Crippen molar-refractivity contribution in [3.8, 4) is 28.6 Å². The maximum absolute atomic E-state index is 13.7. The molecule has 17 nitrogen and oxygen atoms in total. The second-order valence-corrected chi connectivity index (χ2v) is 15.9. The molecule has 0 saturated carbocycles. The summed E-state index contributed by atoms with van der Waals surface area (Å²) in [5.74, 6) is -1.01. The SMILES string of the molecule is CCc1c2c(nc3ccc(OC(=O)NCCOCCn4ccc5cc(N(C(=[NH2+])c6cc(C(C)C)c(O)cc6O)C(N)=O)ccc54)cc13)-c1cc3c(c(=O)n1C2)COC(=O)C3(O)CC. The topological polar surface area (TPSA) is 246 Å². The highest BCUT2D eigenvalue weighted by molar-refractivity contribution is 6.21. The van der Waals surface area contributed by atoms with Crippen LogP contribution in [0.15, 0.2) is 71.7 Å². The number of phenols is 2. The van der Waals surface area contributed by atoms with Gasteiger partial charge >= 0.3 is 18.1 Å². The van der Waals surface area contributed by atoms with Gasteiger partial charge in [-0.2, -0.15) is 0 Å². The quantitative estimate of drug-likeness (QED) is 0.0443. The number of aromatic hydroxyl groups is 2. The van der Waals surface area contributed by atoms with Crippen LogP contribution >= 0.6 is 0 Å². The van der Waals surface area contributed by atoms with Crippen LogP contribution in [0.3, 0.4) is 0 Å². The Kier molecular flexibility index (Phi) is 11.2. The zero-order chi connectivity index (χ0) is 44.9. The first-order chi connectivity index (χ1) is 30.1. The number of hydrogen-bond donors (Lipinski definition) is 6. The van der Waals surface area contributed by atoms with Crippen molar-refractivity contribution in [2.75, 3.05) is 24.7 Å². The van der Waals surface area contributed by atoms with Crippen molar-refractivity contribution < 1.29 is 49.3 Å². The number of nitrogens with zero attached hydrogens (tertiary/aromatic N) is 4. The summed E-state index contributed by atoms with van der Waals surface area (Å²) in [5, 5.41) is 42.8. The highest BCUT2D eigenvalue weighted by Gasteiger charge is 2.45. The molecule has 0 saturated heterocycles. The Morgan fingerprint density at radius 1 is 1.03 bits per heavy atom. The van der Waals surface area contributed by atoms with Gasteiger partial charge < -0.3 is 49.7 Å². The number of hydrogen-bond acceptors (Lipinski definition) is 11. The van der Waals surface area contributed by atoms with Crippen molar-refractivity contribution in [3.05, 3.63) is 111 Å². The minimum absolute atomic E-state index is 0.0506. The largest absolute Gasteiger partial charge is 0.508 e. The number of urea groups is 1. The number of fused-ring (bicyclic) bond motifs is 6. The predicted octanol–water partition coefficient (Wildman–Crippen LogP) is 4.03. The van der Waals surface area contributed by atoms with Gasteiger partial charge in [-0.1, -0.05) is 27.7 Å². The van der Waals surface area contributed by atoms with Crippen molar-refractivity contribution >= 4 is 51.4 Å². The van der Waals surface area contributed by atoms with Gasteiger partial charge in [0.15, 0.2) is 5.60 Å². The zero-order valence-corrected chi connectivity index (χ0v) is 35.2. The number of rotatable bonds is 12. The van der Waals surface area contributed by atoms with Gasteiger partial charge in [0.1, 0.15) is 35.1 Å². The van der Waals surface area contributed by atoms with Crippen molar-refractivity contribution in [3.63, 3.8) is 0 Å². The number of ether oxygens (including phenoxy) is 3. The number of nitrogens with one attached hydrogen (secondary N) is 1. The van der Waals surface area contributed by atoms with Crippen LogP contribution in [-0.2, 0) is 46.0 Å². The number of benzene rings is 3. The average molecular weight is 859 g/mol. The molecule has 8 N–H and O–H groups in total. The van der Waals surface area contributed by atoms with E-state index in [1.54, 1.807) is 54.0 Å². The van der Waals surface area contributed by atoms with Crippen LogP contribution in [-0.4, -0.2) is 73.1 Å². The number of primary amides is 1. The van der Waals surface area contributed by atoms with Crippen LogP contribution in [0, 0.1) is 0 Å². The second kappa shape index (κ2) is 16.6. The highest BCUT2D eigenvalue weighted by atomic mass is 16.6. The number of phenolic OH excluding ortho intramolecular Hbond substituents is 2. The van der Waals surface area contributed by atoms with Gasteiger partial charge in [-0.3, -0.25) is 10.2 Å². The molecule has 63 heavy (non-hydrogen) atoms. The van der Waals surface area contributed by atoms with E-state index in [0.29, 0.717) is 53.5 Å². The van der Waals surface area contributed by atoms with Crippen LogP contribution in [0.4, 0.5) is 15.3 Å². The zero-order valence-electron chi connectivity index (χ0n) is 35.2. The molecule has 0 aliphatic carbocycles. The second-order valence-electron chi connectivity index (χ2n) is 15.9. The standard InChI is InChI=1S/C46H47N7O10/c1-5-28-30-18-27(8-9-35(30)50-40-32(28)22-52-37(40)20-34-33(42(52)56)23-62-43(57)46(34,60)6-2)63-45(59)49-12-15-61-16-14-51-13-11-25-17-26(7-10-36(25)51)53(44(48)58)41(47)31-19-29(24(3)4)38(54)21-39(31)55/h7-11,13,17-21,24,47,54-55,60H,5-6,12,14-16,22-23H2,1-4H3,(H2,48,58)(H,49,59)/p+1. The van der Waals surface area contributed by atoms with Gasteiger partial charge in [-0.15, -0.1) is 4.90 Å². The summed E-state index contributed by atoms with van der Waals surface area (Å²) in [4.78, 5) is 57.7. The van der Waals surface area contributed by atoms with Crippen molar-refractivity contribution in [1.29, 1.82) is 0 Å². The minimum Gasteiger partial charge on any atom is -0.508 e. The van der Waals surface area contributed by atoms with Gasteiger partial charge in [-0.05, 0) is 84.5 Å². The third-order valence-electron chi connectivity index (χ3n) is 11.9. The predicted molar refractivity (Wildman–Crippen MR) is 233 cm³/mol. The van der Waals surface area contributed by atoms with E-state index in [4.69, 9.17) is 30.3 Å². The number of aliphatic hydroxyl groups is 1. The number of pyridine rings is 2. The van der Waals surface area contributed by atoms with E-state index in [0.717, 1.165) is 32.3 Å². The average Bonchev–Trinajstić information content (AvgIpc) is 3.83. The first kappa shape index (κ1) is 42.5. The Balaban J connectivity index is 0.872. The van der Waals surface area contributed by atoms with Gasteiger partial charge in [0.2, 0.25) is 0 Å². The number of carbonyl (C=O) groups excluding carboxylic acids is 3. The molecule has 0 fully saturated rings. The van der Waals surface area contributed by atoms with E-state index >= 15 is 0 Å². The molecule has 6 aromatic rings. The summed E-state index contributed by atoms with van der Waals surface area (Å²) >= 11 is 0. The Labute approximate surface area is 360 Å². The van der Waals surface area contributed by atoms with Crippen molar-refractivity contribution in [2.45, 2.75) is 71.8 Å². The lowest BCUT2D eigenvalue weighted by Gasteiger charge is -2.31. The van der Waals surface area contributed by atoms with E-state index in [1.807, 2.05) is 43.7 Å². The van der Waals surface area contributed by atoms with Gasteiger partial charge in [0.05, 0.1) is 42.2 Å². The Bertz CT molecular complexity index is 2940. The fraction of sp³-hybridized carbons (Fsp3) is 0.304. The first-order valence-electron chi connectivity index (χ1n) is 20.7. The molecule has 8 rings (SSSR count). The summed E-state index contributed by atoms with van der Waals surface area (Å²) in [7, 11) is 0. The smallest absolute Gasteiger partial charge is 0.412 e. The van der Waals surface area contributed by atoms with Crippen molar-refractivity contribution in [2.24, 2.45) is 5.73 Å². The van der Waals surface area contributed by atoms with Gasteiger partial charge in [0.25, 0.3) is 11.4 Å². The lowest BCUT2D eigenvalue weighted by Crippen LogP contribution is -2.55.